The van der Waals surface area contributed by atoms with Crippen molar-refractivity contribution in [3.8, 4) is 0 Å². The van der Waals surface area contributed by atoms with Gasteiger partial charge in [-0.05, 0) is 6.42 Å². The van der Waals surface area contributed by atoms with Crippen LogP contribution in [0.15, 0.2) is 0 Å². The molecule has 2 nitrogen and oxygen atoms in total. The predicted octanol–water partition coefficient (Wildman–Crippen LogP) is 1.36. The van der Waals surface area contributed by atoms with E-state index in [4.69, 9.17) is 5.73 Å². The first-order chi connectivity index (χ1) is 6.37. The number of thioether (sulfide) groups is 1. The van der Waals surface area contributed by atoms with Crippen molar-refractivity contribution in [3.05, 3.63) is 0 Å². The first-order valence-electron chi connectivity index (χ1n) is 4.50. The number of nitrogens with one attached hydrogen (secondary N) is 1. The summed E-state index contributed by atoms with van der Waals surface area (Å²) in [7, 11) is 0. The van der Waals surface area contributed by atoms with E-state index in [0.29, 0.717) is 17.4 Å². The second-order valence-corrected chi connectivity index (χ2v) is 5.21. The van der Waals surface area contributed by atoms with E-state index in [1.165, 1.54) is 0 Å². The summed E-state index contributed by atoms with van der Waals surface area (Å²) in [6.07, 6.45) is -3.44. The molecule has 0 aromatic carbocycles. The van der Waals surface area contributed by atoms with Crippen LogP contribution >= 0.6 is 11.8 Å². The van der Waals surface area contributed by atoms with Gasteiger partial charge in [-0.15, -0.1) is 0 Å². The van der Waals surface area contributed by atoms with Crippen LogP contribution in [0.5, 0.6) is 0 Å². The highest BCUT2D eigenvalue weighted by Crippen LogP contribution is 2.34. The Bertz CT molecular complexity index is 198. The summed E-state index contributed by atoms with van der Waals surface area (Å²) in [6.45, 7) is 1.33. The average molecular weight is 228 g/mol. The Kier molecular flexibility index (Phi) is 3.71. The zero-order valence-electron chi connectivity index (χ0n) is 8.03. The van der Waals surface area contributed by atoms with Gasteiger partial charge in [0.05, 0.1) is 6.54 Å². The Morgan fingerprint density at radius 2 is 2.21 bits per heavy atom. The predicted molar refractivity (Wildman–Crippen MR) is 52.4 cm³/mol. The fourth-order valence-corrected chi connectivity index (χ4v) is 2.97. The van der Waals surface area contributed by atoms with Crippen molar-refractivity contribution >= 4 is 11.8 Å². The van der Waals surface area contributed by atoms with Gasteiger partial charge in [0.15, 0.2) is 0 Å². The van der Waals surface area contributed by atoms with Crippen LogP contribution in [0.1, 0.15) is 13.3 Å². The van der Waals surface area contributed by atoms with Crippen LogP contribution in [0.4, 0.5) is 13.2 Å². The highest BCUT2D eigenvalue weighted by Gasteiger charge is 2.39. The molecule has 0 spiro atoms. The molecule has 2 atom stereocenters. The monoisotopic (exact) mass is 228 g/mol. The van der Waals surface area contributed by atoms with Gasteiger partial charge in [0, 0.05) is 23.1 Å². The molecule has 0 bridgehead atoms. The lowest BCUT2D eigenvalue weighted by Gasteiger charge is -2.28. The first-order valence-corrected chi connectivity index (χ1v) is 5.55. The van der Waals surface area contributed by atoms with E-state index in [-0.39, 0.29) is 6.54 Å². The normalized spacial score (nSPS) is 33.6. The molecule has 84 valence electrons. The van der Waals surface area contributed by atoms with E-state index in [2.05, 4.69) is 5.32 Å². The van der Waals surface area contributed by atoms with Crippen LogP contribution < -0.4 is 11.1 Å². The van der Waals surface area contributed by atoms with Gasteiger partial charge in [-0.2, -0.15) is 24.9 Å². The minimum atomic E-state index is -4.15. The van der Waals surface area contributed by atoms with Crippen LogP contribution in [0.3, 0.4) is 0 Å². The second-order valence-electron chi connectivity index (χ2n) is 3.78. The molecule has 0 aromatic heterocycles. The quantitative estimate of drug-likeness (QED) is 0.766. The van der Waals surface area contributed by atoms with Gasteiger partial charge in [-0.25, -0.2) is 0 Å². The molecule has 1 heterocycles. The van der Waals surface area contributed by atoms with E-state index in [0.717, 1.165) is 0 Å². The zero-order chi connectivity index (χ0) is 10.8. The number of halogens is 3. The second kappa shape index (κ2) is 4.28. The van der Waals surface area contributed by atoms with Crippen molar-refractivity contribution in [2.75, 3.05) is 18.8 Å². The third-order valence-corrected chi connectivity index (χ3v) is 3.83. The van der Waals surface area contributed by atoms with Crippen molar-refractivity contribution in [2.24, 2.45) is 5.73 Å². The Morgan fingerprint density at radius 1 is 1.57 bits per heavy atom. The largest absolute Gasteiger partial charge is 0.401 e. The smallest absolute Gasteiger partial charge is 0.329 e. The Hall–Kier alpha value is 0.0600. The molecule has 1 rings (SSSR count). The van der Waals surface area contributed by atoms with Gasteiger partial charge < -0.3 is 11.1 Å². The van der Waals surface area contributed by atoms with E-state index in [1.54, 1.807) is 11.8 Å². The molecule has 0 radical (unpaired) electrons. The fourth-order valence-electron chi connectivity index (χ4n) is 1.60. The molecular formula is C8H15F3N2S. The van der Waals surface area contributed by atoms with Crippen molar-refractivity contribution in [2.45, 2.75) is 30.3 Å². The summed E-state index contributed by atoms with van der Waals surface area (Å²) >= 11 is 1.67. The number of hydrogen-bond acceptors (Lipinski definition) is 3. The van der Waals surface area contributed by atoms with Gasteiger partial charge in [0.25, 0.3) is 0 Å². The Labute approximate surface area is 85.8 Å². The van der Waals surface area contributed by atoms with Gasteiger partial charge in [-0.3, -0.25) is 0 Å². The molecule has 3 N–H and O–H groups in total. The van der Waals surface area contributed by atoms with E-state index < -0.39 is 18.3 Å². The lowest BCUT2D eigenvalue weighted by molar-refractivity contribution is -0.128. The summed E-state index contributed by atoms with van der Waals surface area (Å²) in [5.74, 6) is 0.667. The number of nitrogens with two attached hydrogens (primary N) is 1. The number of alkyl halides is 3. The summed E-state index contributed by atoms with van der Waals surface area (Å²) in [4.78, 5) is 0. The van der Waals surface area contributed by atoms with Crippen LogP contribution in [-0.4, -0.2) is 35.8 Å². The molecule has 1 fully saturated rings. The van der Waals surface area contributed by atoms with Gasteiger partial charge in [-0.1, -0.05) is 6.92 Å². The van der Waals surface area contributed by atoms with Crippen LogP contribution in [0, 0.1) is 0 Å². The molecule has 0 amide bonds. The highest BCUT2D eigenvalue weighted by atomic mass is 32.2. The molecule has 1 saturated heterocycles. The van der Waals surface area contributed by atoms with E-state index >= 15 is 0 Å². The van der Waals surface area contributed by atoms with Crippen molar-refractivity contribution in [1.82, 2.24) is 5.32 Å². The molecule has 0 aliphatic carbocycles. The maximum Gasteiger partial charge on any atom is 0.401 e. The zero-order valence-corrected chi connectivity index (χ0v) is 8.84. The van der Waals surface area contributed by atoms with Crippen LogP contribution in [0.25, 0.3) is 0 Å². The van der Waals surface area contributed by atoms with Crippen LogP contribution in [-0.2, 0) is 0 Å². The van der Waals surface area contributed by atoms with Crippen LogP contribution in [0.2, 0.25) is 0 Å². The van der Waals surface area contributed by atoms with Gasteiger partial charge in [0.1, 0.15) is 0 Å². The Morgan fingerprint density at radius 3 is 2.57 bits per heavy atom. The van der Waals surface area contributed by atoms with Gasteiger partial charge in [0.2, 0.25) is 0 Å². The third kappa shape index (κ3) is 3.33. The molecule has 2 unspecified atom stereocenters. The van der Waals surface area contributed by atoms with Crippen molar-refractivity contribution < 1.29 is 13.2 Å². The summed E-state index contributed by atoms with van der Waals surface area (Å²) in [6, 6.07) is 0. The number of hydrogen-bond donors (Lipinski definition) is 2. The lowest BCUT2D eigenvalue weighted by atomic mass is 9.96. The Balaban J connectivity index is 2.47. The minimum absolute atomic E-state index is 0.264. The molecule has 6 heteroatoms. The summed E-state index contributed by atoms with van der Waals surface area (Å²) < 4.78 is 36.0. The molecular weight excluding hydrogens is 213 g/mol. The molecule has 1 aliphatic rings. The lowest BCUT2D eigenvalue weighted by Crippen LogP contribution is -2.54. The highest BCUT2D eigenvalue weighted by molar-refractivity contribution is 8.00. The summed E-state index contributed by atoms with van der Waals surface area (Å²) in [5, 5.41) is 2.93. The molecule has 14 heavy (non-hydrogen) atoms. The maximum absolute atomic E-state index is 12.0. The van der Waals surface area contributed by atoms with E-state index in [9.17, 15) is 13.2 Å². The SMILES string of the molecule is CC1CC(CN)(NCC(F)(F)F)CS1. The topological polar surface area (TPSA) is 38.0 Å². The standard InChI is InChI=1S/C8H15F3N2S/c1-6-2-7(3-12,5-14-6)13-4-8(9,10)11/h6,13H,2-5,12H2,1H3. The molecule has 1 aliphatic heterocycles. The van der Waals surface area contributed by atoms with Gasteiger partial charge >= 0.3 is 6.18 Å². The molecule has 0 saturated carbocycles. The van der Waals surface area contributed by atoms with Crippen molar-refractivity contribution in [3.63, 3.8) is 0 Å². The third-order valence-electron chi connectivity index (χ3n) is 2.38. The maximum atomic E-state index is 12.0. The fraction of sp³-hybridized carbons (Fsp3) is 1.00. The number of rotatable bonds is 3. The minimum Gasteiger partial charge on any atom is -0.329 e. The first kappa shape index (κ1) is 12.1. The molecule has 0 aromatic rings. The average Bonchev–Trinajstić information content (AvgIpc) is 2.44. The van der Waals surface area contributed by atoms with Crippen molar-refractivity contribution in [1.29, 1.82) is 0 Å². The van der Waals surface area contributed by atoms with E-state index in [1.807, 2.05) is 6.92 Å². The summed E-state index contributed by atoms with van der Waals surface area (Å²) in [5.41, 5.74) is 5.00.